The highest BCUT2D eigenvalue weighted by Crippen LogP contribution is 2.36. The number of ether oxygens (including phenoxy) is 2. The van der Waals surface area contributed by atoms with Gasteiger partial charge in [-0.05, 0) is 78.5 Å². The van der Waals surface area contributed by atoms with Gasteiger partial charge in [-0.15, -0.1) is 0 Å². The van der Waals surface area contributed by atoms with Crippen LogP contribution in [0.1, 0.15) is 52.7 Å². The van der Waals surface area contributed by atoms with E-state index in [1.54, 1.807) is 0 Å². The fraction of sp³-hybridized carbons (Fsp3) is 0.455. The van der Waals surface area contributed by atoms with Crippen LogP contribution >= 0.6 is 0 Å². The summed E-state index contributed by atoms with van der Waals surface area (Å²) in [6.45, 7) is 6.37. The second kappa shape index (κ2) is 12.7. The molecular formula is C33H39NO4. The molecule has 1 saturated carbocycles. The SMILES string of the molecule is Cc1ccc(CCC[C@H]2CCC(=O)[C@@H]2Cc2cccc3ccccc23)cc1C(=O)OCCN1CCOCC1. The Hall–Kier alpha value is -3.02. The van der Waals surface area contributed by atoms with Gasteiger partial charge in [0.05, 0.1) is 18.8 Å². The summed E-state index contributed by atoms with van der Waals surface area (Å²) in [7, 11) is 0. The molecule has 2 atom stereocenters. The lowest BCUT2D eigenvalue weighted by Crippen LogP contribution is -2.38. The number of hydrogen-bond donors (Lipinski definition) is 0. The van der Waals surface area contributed by atoms with Crippen LogP contribution in [0.3, 0.4) is 0 Å². The number of carbonyl (C=O) groups excluding carboxylic acids is 2. The normalized spacial score (nSPS) is 20.2. The number of esters is 1. The lowest BCUT2D eigenvalue weighted by atomic mass is 9.84. The fourth-order valence-electron chi connectivity index (χ4n) is 6.09. The van der Waals surface area contributed by atoms with E-state index in [-0.39, 0.29) is 11.9 Å². The Kier molecular flexibility index (Phi) is 8.87. The van der Waals surface area contributed by atoms with Crippen LogP contribution in [0.2, 0.25) is 0 Å². The van der Waals surface area contributed by atoms with E-state index < -0.39 is 0 Å². The number of ketones is 1. The molecule has 2 aliphatic rings. The number of nitrogens with zero attached hydrogens (tertiary/aromatic N) is 1. The first-order chi connectivity index (χ1) is 18.6. The molecule has 0 N–H and O–H groups in total. The molecule has 1 aliphatic carbocycles. The molecular weight excluding hydrogens is 474 g/mol. The third-order valence-corrected chi connectivity index (χ3v) is 8.37. The van der Waals surface area contributed by atoms with Gasteiger partial charge in [0.25, 0.3) is 0 Å². The molecule has 0 unspecified atom stereocenters. The Morgan fingerprint density at radius 3 is 2.74 bits per heavy atom. The van der Waals surface area contributed by atoms with Gasteiger partial charge in [0.15, 0.2) is 0 Å². The van der Waals surface area contributed by atoms with E-state index in [9.17, 15) is 9.59 Å². The van der Waals surface area contributed by atoms with E-state index in [2.05, 4.69) is 53.4 Å². The number of morpholine rings is 1. The average Bonchev–Trinajstić information content (AvgIpc) is 3.29. The van der Waals surface area contributed by atoms with Gasteiger partial charge in [0, 0.05) is 32.0 Å². The first kappa shape index (κ1) is 26.6. The monoisotopic (exact) mass is 513 g/mol. The quantitative estimate of drug-likeness (QED) is 0.321. The molecule has 1 aliphatic heterocycles. The molecule has 1 heterocycles. The van der Waals surface area contributed by atoms with E-state index >= 15 is 0 Å². The van der Waals surface area contributed by atoms with Crippen LogP contribution in [0.15, 0.2) is 60.7 Å². The number of benzene rings is 3. The summed E-state index contributed by atoms with van der Waals surface area (Å²) in [5, 5.41) is 2.50. The molecule has 0 amide bonds. The van der Waals surface area contributed by atoms with E-state index in [4.69, 9.17) is 9.47 Å². The van der Waals surface area contributed by atoms with Gasteiger partial charge in [0.2, 0.25) is 0 Å². The fourth-order valence-corrected chi connectivity index (χ4v) is 6.09. The Bertz CT molecular complexity index is 1260. The van der Waals surface area contributed by atoms with Gasteiger partial charge in [-0.1, -0.05) is 54.6 Å². The van der Waals surface area contributed by atoms with E-state index in [0.717, 1.165) is 76.1 Å². The van der Waals surface area contributed by atoms with Crippen molar-refractivity contribution in [2.24, 2.45) is 11.8 Å². The number of rotatable bonds is 10. The first-order valence-corrected chi connectivity index (χ1v) is 14.1. The molecule has 3 aromatic carbocycles. The summed E-state index contributed by atoms with van der Waals surface area (Å²) in [6, 6.07) is 21.0. The predicted octanol–water partition coefficient (Wildman–Crippen LogP) is 5.80. The molecule has 0 radical (unpaired) electrons. The van der Waals surface area contributed by atoms with E-state index in [1.807, 2.05) is 19.1 Å². The van der Waals surface area contributed by atoms with Crippen molar-refractivity contribution in [1.29, 1.82) is 0 Å². The standard InChI is InChI=1S/C33H39NO4/c1-24-12-13-25(22-30(24)33(36)38-21-18-34-16-19-37-20-17-34)6-4-8-27-14-15-32(35)31(27)23-28-10-5-9-26-7-2-3-11-29(26)28/h2-3,5,7,9-13,22,27,31H,4,6,8,14-21,23H2,1H3/t27-,31+/m0/s1. The summed E-state index contributed by atoms with van der Waals surface area (Å²) in [6.07, 6.45) is 5.47. The van der Waals surface area contributed by atoms with Gasteiger partial charge in [-0.25, -0.2) is 4.79 Å². The number of Topliss-reactive ketones (excluding diaryl/α,β-unsaturated/α-hetero) is 1. The Morgan fingerprint density at radius 1 is 1.05 bits per heavy atom. The first-order valence-electron chi connectivity index (χ1n) is 14.1. The zero-order valence-electron chi connectivity index (χ0n) is 22.5. The Balaban J connectivity index is 1.15. The van der Waals surface area contributed by atoms with Crippen LogP contribution in [0, 0.1) is 18.8 Å². The maximum Gasteiger partial charge on any atom is 0.338 e. The number of aryl methyl sites for hydroxylation is 2. The predicted molar refractivity (Wildman–Crippen MR) is 151 cm³/mol. The lowest BCUT2D eigenvalue weighted by Gasteiger charge is -2.26. The minimum absolute atomic E-state index is 0.107. The third kappa shape index (κ3) is 6.51. The van der Waals surface area contributed by atoms with Gasteiger partial charge < -0.3 is 9.47 Å². The Labute approximate surface area is 226 Å². The summed E-state index contributed by atoms with van der Waals surface area (Å²) in [5.74, 6) is 0.710. The van der Waals surface area contributed by atoms with Crippen LogP contribution in [-0.4, -0.2) is 56.1 Å². The van der Waals surface area contributed by atoms with Crippen molar-refractivity contribution in [2.45, 2.75) is 45.4 Å². The highest BCUT2D eigenvalue weighted by Gasteiger charge is 2.34. The molecule has 2 fully saturated rings. The zero-order chi connectivity index (χ0) is 26.3. The van der Waals surface area contributed by atoms with E-state index in [1.165, 1.54) is 16.3 Å². The number of hydrogen-bond acceptors (Lipinski definition) is 5. The molecule has 5 rings (SSSR count). The molecule has 3 aromatic rings. The van der Waals surface area contributed by atoms with Crippen LogP contribution in [-0.2, 0) is 27.1 Å². The van der Waals surface area contributed by atoms with Crippen molar-refractivity contribution in [3.8, 4) is 0 Å². The zero-order valence-corrected chi connectivity index (χ0v) is 22.5. The van der Waals surface area contributed by atoms with Gasteiger partial charge in [0.1, 0.15) is 12.4 Å². The van der Waals surface area contributed by atoms with E-state index in [0.29, 0.717) is 30.3 Å². The lowest BCUT2D eigenvalue weighted by molar-refractivity contribution is -0.121. The number of carbonyl (C=O) groups is 2. The largest absolute Gasteiger partial charge is 0.461 e. The Morgan fingerprint density at radius 2 is 1.87 bits per heavy atom. The maximum absolute atomic E-state index is 12.8. The second-order valence-corrected chi connectivity index (χ2v) is 10.8. The summed E-state index contributed by atoms with van der Waals surface area (Å²) in [4.78, 5) is 27.9. The molecule has 0 spiro atoms. The molecule has 38 heavy (non-hydrogen) atoms. The highest BCUT2D eigenvalue weighted by molar-refractivity contribution is 5.91. The maximum atomic E-state index is 12.8. The second-order valence-electron chi connectivity index (χ2n) is 10.8. The number of fused-ring (bicyclic) bond motifs is 1. The summed E-state index contributed by atoms with van der Waals surface area (Å²) < 4.78 is 11.0. The van der Waals surface area contributed by atoms with Crippen LogP contribution < -0.4 is 0 Å². The van der Waals surface area contributed by atoms with Crippen molar-refractivity contribution in [3.05, 3.63) is 82.9 Å². The van der Waals surface area contributed by atoms with Crippen molar-refractivity contribution in [1.82, 2.24) is 4.90 Å². The van der Waals surface area contributed by atoms with Crippen molar-refractivity contribution >= 4 is 22.5 Å². The molecule has 0 aromatic heterocycles. The van der Waals surface area contributed by atoms with Gasteiger partial charge >= 0.3 is 5.97 Å². The van der Waals surface area contributed by atoms with Gasteiger partial charge in [-0.3, -0.25) is 9.69 Å². The molecule has 1 saturated heterocycles. The molecule has 0 bridgehead atoms. The van der Waals surface area contributed by atoms with Crippen LogP contribution in [0.4, 0.5) is 0 Å². The van der Waals surface area contributed by atoms with Gasteiger partial charge in [-0.2, -0.15) is 0 Å². The van der Waals surface area contributed by atoms with Crippen molar-refractivity contribution < 1.29 is 19.1 Å². The van der Waals surface area contributed by atoms with Crippen molar-refractivity contribution in [3.63, 3.8) is 0 Å². The summed E-state index contributed by atoms with van der Waals surface area (Å²) >= 11 is 0. The van der Waals surface area contributed by atoms with Crippen LogP contribution in [0.25, 0.3) is 10.8 Å². The van der Waals surface area contributed by atoms with Crippen LogP contribution in [0.5, 0.6) is 0 Å². The minimum Gasteiger partial charge on any atom is -0.461 e. The average molecular weight is 514 g/mol. The highest BCUT2D eigenvalue weighted by atomic mass is 16.5. The molecule has 5 heteroatoms. The summed E-state index contributed by atoms with van der Waals surface area (Å²) in [5.41, 5.74) is 4.05. The topological polar surface area (TPSA) is 55.8 Å². The molecule has 200 valence electrons. The van der Waals surface area contributed by atoms with Crippen molar-refractivity contribution in [2.75, 3.05) is 39.5 Å². The molecule has 5 nitrogen and oxygen atoms in total. The third-order valence-electron chi connectivity index (χ3n) is 8.37. The smallest absolute Gasteiger partial charge is 0.338 e. The minimum atomic E-state index is -0.242.